The number of nitrogens with one attached hydrogen (secondary N) is 2. The fraction of sp³-hybridized carbons (Fsp3) is 0.500. The Bertz CT molecular complexity index is 435. The normalized spacial score (nSPS) is 12.3. The monoisotopic (exact) mass is 286 g/mol. The van der Waals surface area contributed by atoms with E-state index in [9.17, 15) is 9.18 Å². The fourth-order valence-corrected chi connectivity index (χ4v) is 1.90. The van der Waals surface area contributed by atoms with Crippen LogP contribution in [0.2, 0.25) is 5.02 Å². The van der Waals surface area contributed by atoms with E-state index in [2.05, 4.69) is 10.6 Å². The molecule has 0 aliphatic heterocycles. The molecule has 1 amide bonds. The predicted octanol–water partition coefficient (Wildman–Crippen LogP) is 3.58. The lowest BCUT2D eigenvalue weighted by Gasteiger charge is -2.20. The van der Waals surface area contributed by atoms with Gasteiger partial charge in [0.1, 0.15) is 11.9 Å². The Balaban J connectivity index is 2.65. The van der Waals surface area contributed by atoms with Crippen molar-refractivity contribution in [1.29, 1.82) is 0 Å². The molecule has 0 aliphatic carbocycles. The van der Waals surface area contributed by atoms with Gasteiger partial charge in [0.25, 0.3) is 0 Å². The number of carbonyl (C=O) groups excluding carboxylic acids is 1. The van der Waals surface area contributed by atoms with Gasteiger partial charge in [0.05, 0.1) is 5.69 Å². The van der Waals surface area contributed by atoms with Crippen LogP contribution in [0.1, 0.15) is 33.6 Å². The first kappa shape index (κ1) is 15.8. The van der Waals surface area contributed by atoms with Gasteiger partial charge in [0, 0.05) is 11.1 Å². The van der Waals surface area contributed by atoms with E-state index in [4.69, 9.17) is 11.6 Å². The Hall–Kier alpha value is -1.29. The van der Waals surface area contributed by atoms with Gasteiger partial charge in [-0.05, 0) is 38.0 Å². The van der Waals surface area contributed by atoms with Gasteiger partial charge < -0.3 is 10.6 Å². The highest BCUT2D eigenvalue weighted by atomic mass is 35.5. The second-order valence-electron chi connectivity index (χ2n) is 4.51. The molecule has 1 rings (SSSR count). The van der Waals surface area contributed by atoms with E-state index in [1.807, 2.05) is 13.8 Å². The molecule has 0 radical (unpaired) electrons. The van der Waals surface area contributed by atoms with E-state index in [0.29, 0.717) is 5.02 Å². The lowest BCUT2D eigenvalue weighted by Crippen LogP contribution is -2.42. The molecule has 1 atom stereocenters. The maximum Gasteiger partial charge on any atom is 0.242 e. The molecule has 19 heavy (non-hydrogen) atoms. The average Bonchev–Trinajstić information content (AvgIpc) is 2.39. The summed E-state index contributed by atoms with van der Waals surface area (Å²) in [5.41, 5.74) is 0.236. The van der Waals surface area contributed by atoms with E-state index in [1.165, 1.54) is 18.2 Å². The molecule has 0 heterocycles. The molecule has 0 saturated carbocycles. The number of rotatable bonds is 6. The van der Waals surface area contributed by atoms with Crippen molar-refractivity contribution >= 4 is 23.2 Å². The summed E-state index contributed by atoms with van der Waals surface area (Å²) >= 11 is 5.80. The lowest BCUT2D eigenvalue weighted by molar-refractivity contribution is -0.122. The Kier molecular flexibility index (Phi) is 6.09. The third-order valence-electron chi connectivity index (χ3n) is 3.03. The highest BCUT2D eigenvalue weighted by Crippen LogP contribution is 2.20. The lowest BCUT2D eigenvalue weighted by atomic mass is 10.1. The van der Waals surface area contributed by atoms with E-state index >= 15 is 0 Å². The van der Waals surface area contributed by atoms with Crippen LogP contribution in [0.4, 0.5) is 10.1 Å². The molecule has 5 heteroatoms. The van der Waals surface area contributed by atoms with Crippen LogP contribution in [-0.4, -0.2) is 18.0 Å². The maximum absolute atomic E-state index is 13.5. The topological polar surface area (TPSA) is 41.1 Å². The SMILES string of the molecule is CCC(CC)NC(=O)C(C)Nc1cc(Cl)ccc1F. The average molecular weight is 287 g/mol. The number of benzene rings is 1. The smallest absolute Gasteiger partial charge is 0.242 e. The number of hydrogen-bond acceptors (Lipinski definition) is 2. The molecule has 3 nitrogen and oxygen atoms in total. The molecule has 0 fully saturated rings. The first-order chi connectivity index (χ1) is 8.97. The van der Waals surface area contributed by atoms with Crippen LogP contribution in [0, 0.1) is 5.82 Å². The Morgan fingerprint density at radius 3 is 2.58 bits per heavy atom. The molecular formula is C14H20ClFN2O. The van der Waals surface area contributed by atoms with Crippen LogP contribution in [0.25, 0.3) is 0 Å². The molecule has 0 aliphatic rings. The van der Waals surface area contributed by atoms with Crippen molar-refractivity contribution in [2.75, 3.05) is 5.32 Å². The summed E-state index contributed by atoms with van der Waals surface area (Å²) in [5.74, 6) is -0.570. The van der Waals surface area contributed by atoms with Crippen molar-refractivity contribution in [3.8, 4) is 0 Å². The van der Waals surface area contributed by atoms with Gasteiger partial charge in [-0.1, -0.05) is 25.4 Å². The van der Waals surface area contributed by atoms with Crippen LogP contribution in [-0.2, 0) is 4.79 Å². The molecule has 0 saturated heterocycles. The van der Waals surface area contributed by atoms with E-state index < -0.39 is 11.9 Å². The van der Waals surface area contributed by atoms with Crippen LogP contribution in [0.5, 0.6) is 0 Å². The van der Waals surface area contributed by atoms with Crippen molar-refractivity contribution in [2.24, 2.45) is 0 Å². The standard InChI is InChI=1S/C14H20ClFN2O/c1-4-11(5-2)18-14(19)9(3)17-13-8-10(15)6-7-12(13)16/h6-9,11,17H,4-5H2,1-3H3,(H,18,19). The minimum atomic E-state index is -0.520. The van der Waals surface area contributed by atoms with Crippen molar-refractivity contribution in [1.82, 2.24) is 5.32 Å². The molecule has 1 aromatic rings. The molecule has 0 aromatic heterocycles. The van der Waals surface area contributed by atoms with E-state index in [1.54, 1.807) is 6.92 Å². The zero-order valence-electron chi connectivity index (χ0n) is 11.5. The number of amides is 1. The Labute approximate surface area is 118 Å². The van der Waals surface area contributed by atoms with Gasteiger partial charge in [0.15, 0.2) is 0 Å². The van der Waals surface area contributed by atoms with E-state index in [0.717, 1.165) is 12.8 Å². The molecular weight excluding hydrogens is 267 g/mol. The summed E-state index contributed by atoms with van der Waals surface area (Å²) in [7, 11) is 0. The first-order valence-corrected chi connectivity index (χ1v) is 6.87. The molecule has 0 spiro atoms. The molecule has 106 valence electrons. The molecule has 1 aromatic carbocycles. The summed E-state index contributed by atoms with van der Waals surface area (Å²) in [4.78, 5) is 11.9. The number of carbonyl (C=O) groups is 1. The maximum atomic E-state index is 13.5. The second kappa shape index (κ2) is 7.34. The first-order valence-electron chi connectivity index (χ1n) is 6.49. The zero-order chi connectivity index (χ0) is 14.4. The minimum Gasteiger partial charge on any atom is -0.371 e. The van der Waals surface area contributed by atoms with Gasteiger partial charge in [-0.25, -0.2) is 4.39 Å². The van der Waals surface area contributed by atoms with Gasteiger partial charge in [-0.15, -0.1) is 0 Å². The fourth-order valence-electron chi connectivity index (χ4n) is 1.73. The number of anilines is 1. The quantitative estimate of drug-likeness (QED) is 0.839. The van der Waals surface area contributed by atoms with Gasteiger partial charge >= 0.3 is 0 Å². The Morgan fingerprint density at radius 1 is 1.37 bits per heavy atom. The van der Waals surface area contributed by atoms with Crippen LogP contribution < -0.4 is 10.6 Å². The van der Waals surface area contributed by atoms with Crippen molar-refractivity contribution in [3.63, 3.8) is 0 Å². The predicted molar refractivity (Wildman–Crippen MR) is 77.0 cm³/mol. The highest BCUT2D eigenvalue weighted by Gasteiger charge is 2.17. The molecule has 1 unspecified atom stereocenters. The van der Waals surface area contributed by atoms with Gasteiger partial charge in [0.2, 0.25) is 5.91 Å². The largest absolute Gasteiger partial charge is 0.371 e. The summed E-state index contributed by atoms with van der Waals surface area (Å²) in [6.07, 6.45) is 1.75. The van der Waals surface area contributed by atoms with Crippen molar-refractivity contribution in [3.05, 3.63) is 29.0 Å². The molecule has 2 N–H and O–H groups in total. The van der Waals surface area contributed by atoms with Gasteiger partial charge in [-0.2, -0.15) is 0 Å². The highest BCUT2D eigenvalue weighted by molar-refractivity contribution is 6.30. The summed E-state index contributed by atoms with van der Waals surface area (Å²) in [6, 6.07) is 3.85. The van der Waals surface area contributed by atoms with Crippen LogP contribution >= 0.6 is 11.6 Å². The molecule has 0 bridgehead atoms. The second-order valence-corrected chi connectivity index (χ2v) is 4.95. The number of halogens is 2. The summed E-state index contributed by atoms with van der Waals surface area (Å²) in [6.45, 7) is 5.73. The summed E-state index contributed by atoms with van der Waals surface area (Å²) in [5, 5.41) is 6.17. The van der Waals surface area contributed by atoms with Crippen molar-refractivity contribution < 1.29 is 9.18 Å². The summed E-state index contributed by atoms with van der Waals surface area (Å²) < 4.78 is 13.5. The van der Waals surface area contributed by atoms with Crippen molar-refractivity contribution in [2.45, 2.75) is 45.7 Å². The van der Waals surface area contributed by atoms with Gasteiger partial charge in [-0.3, -0.25) is 4.79 Å². The number of hydrogen-bond donors (Lipinski definition) is 2. The van der Waals surface area contributed by atoms with E-state index in [-0.39, 0.29) is 17.6 Å². The third-order valence-corrected chi connectivity index (χ3v) is 3.26. The Morgan fingerprint density at radius 2 is 2.00 bits per heavy atom. The third kappa shape index (κ3) is 4.71. The van der Waals surface area contributed by atoms with Crippen LogP contribution in [0.3, 0.4) is 0 Å². The minimum absolute atomic E-state index is 0.145. The van der Waals surface area contributed by atoms with Crippen LogP contribution in [0.15, 0.2) is 18.2 Å². The zero-order valence-corrected chi connectivity index (χ0v) is 12.2.